The van der Waals surface area contributed by atoms with Crippen LogP contribution >= 0.6 is 0 Å². The Hall–Kier alpha value is -4.44. The molecule has 5 rings (SSSR count). The van der Waals surface area contributed by atoms with E-state index in [0.29, 0.717) is 0 Å². The molecule has 0 aromatic heterocycles. The molecule has 0 spiro atoms. The van der Waals surface area contributed by atoms with Crippen molar-refractivity contribution in [3.05, 3.63) is 117 Å². The zero-order chi connectivity index (χ0) is 28.6. The lowest BCUT2D eigenvalue weighted by Gasteiger charge is -2.34. The molecule has 0 fully saturated rings. The number of methoxy groups -OCH3 is 4. The van der Waals surface area contributed by atoms with Crippen molar-refractivity contribution in [1.29, 1.82) is 0 Å². The largest absolute Gasteiger partial charge is 0.497 e. The van der Waals surface area contributed by atoms with Gasteiger partial charge in [-0.3, -0.25) is 0 Å². The molecule has 1 aliphatic rings. The van der Waals surface area contributed by atoms with Crippen LogP contribution < -0.4 is 18.9 Å². The predicted octanol–water partition coefficient (Wildman–Crippen LogP) is 8.49. The van der Waals surface area contributed by atoms with Crippen LogP contribution in [-0.2, 0) is 0 Å². The Morgan fingerprint density at radius 2 is 0.500 bits per heavy atom. The van der Waals surface area contributed by atoms with Crippen molar-refractivity contribution in [2.75, 3.05) is 28.4 Å². The molecule has 4 heteroatoms. The van der Waals surface area contributed by atoms with Crippen LogP contribution in [0.4, 0.5) is 0 Å². The van der Waals surface area contributed by atoms with E-state index < -0.39 is 0 Å². The Kier molecular flexibility index (Phi) is 7.44. The Bertz CT molecular complexity index is 1410. The van der Waals surface area contributed by atoms with E-state index in [9.17, 15) is 0 Å². The van der Waals surface area contributed by atoms with Crippen LogP contribution in [0, 0.1) is 27.7 Å². The fourth-order valence-corrected chi connectivity index (χ4v) is 5.63. The molecule has 1 aliphatic carbocycles. The standard InChI is InChI=1S/C36H36O4/c1-21-9-25(17-29(13-21)37-5)33-34(26-10-22(2)14-30(18-26)38-6)36(28-12-24(4)16-32(20-28)40-8)35(33)27-11-23(3)15-31(19-27)39-7/h9-20H,1-8H3. The van der Waals surface area contributed by atoms with E-state index in [1.54, 1.807) is 28.4 Å². The van der Waals surface area contributed by atoms with Gasteiger partial charge in [-0.25, -0.2) is 0 Å². The highest BCUT2D eigenvalue weighted by Crippen LogP contribution is 2.57. The van der Waals surface area contributed by atoms with Gasteiger partial charge in [-0.1, -0.05) is 24.3 Å². The summed E-state index contributed by atoms with van der Waals surface area (Å²) in [7, 11) is 6.86. The van der Waals surface area contributed by atoms with Gasteiger partial charge in [0.25, 0.3) is 0 Å². The first-order valence-corrected chi connectivity index (χ1v) is 13.4. The molecule has 0 N–H and O–H groups in total. The molecule has 0 saturated carbocycles. The molecule has 0 amide bonds. The maximum atomic E-state index is 5.71. The third kappa shape index (κ3) is 5.10. The second-order valence-electron chi connectivity index (χ2n) is 10.5. The maximum absolute atomic E-state index is 5.71. The van der Waals surface area contributed by atoms with Gasteiger partial charge >= 0.3 is 0 Å². The summed E-state index contributed by atoms with van der Waals surface area (Å²) in [6.07, 6.45) is 0. The minimum absolute atomic E-state index is 0.829. The quantitative estimate of drug-likeness (QED) is 0.228. The van der Waals surface area contributed by atoms with Crippen LogP contribution in [0.25, 0.3) is 22.3 Å². The van der Waals surface area contributed by atoms with Crippen molar-refractivity contribution in [3.8, 4) is 23.0 Å². The first-order chi connectivity index (χ1) is 19.2. The van der Waals surface area contributed by atoms with Crippen molar-refractivity contribution in [2.45, 2.75) is 27.7 Å². The smallest absolute Gasteiger partial charge is 0.119 e. The second-order valence-corrected chi connectivity index (χ2v) is 10.5. The Labute approximate surface area is 237 Å². The zero-order valence-corrected chi connectivity index (χ0v) is 24.6. The maximum Gasteiger partial charge on any atom is 0.119 e. The molecule has 0 radical (unpaired) electrons. The first kappa shape index (κ1) is 27.1. The summed E-state index contributed by atoms with van der Waals surface area (Å²) in [6, 6.07) is 25.6. The van der Waals surface area contributed by atoms with E-state index in [1.165, 1.54) is 0 Å². The summed E-state index contributed by atoms with van der Waals surface area (Å²) in [5.41, 5.74) is 13.6. The zero-order valence-electron chi connectivity index (χ0n) is 24.6. The summed E-state index contributed by atoms with van der Waals surface area (Å²) in [5, 5.41) is 0. The fourth-order valence-electron chi connectivity index (χ4n) is 5.63. The van der Waals surface area contributed by atoms with Crippen LogP contribution in [0.2, 0.25) is 0 Å². The Morgan fingerprint density at radius 1 is 0.300 bits per heavy atom. The van der Waals surface area contributed by atoms with Gasteiger partial charge in [0.2, 0.25) is 0 Å². The van der Waals surface area contributed by atoms with Gasteiger partial charge in [0.15, 0.2) is 0 Å². The number of allylic oxidation sites excluding steroid dienone is 4. The molecule has 0 atom stereocenters. The van der Waals surface area contributed by atoms with E-state index in [-0.39, 0.29) is 0 Å². The molecule has 0 heterocycles. The fraction of sp³-hybridized carbons (Fsp3) is 0.222. The molecule has 0 unspecified atom stereocenters. The number of rotatable bonds is 8. The molecule has 204 valence electrons. The summed E-state index contributed by atoms with van der Waals surface area (Å²) in [5.74, 6) is 3.32. The van der Waals surface area contributed by atoms with Gasteiger partial charge < -0.3 is 18.9 Å². The van der Waals surface area contributed by atoms with Gasteiger partial charge in [0, 0.05) is 0 Å². The van der Waals surface area contributed by atoms with Gasteiger partial charge in [0.1, 0.15) is 23.0 Å². The van der Waals surface area contributed by atoms with Crippen molar-refractivity contribution in [2.24, 2.45) is 0 Å². The minimum atomic E-state index is 0.829. The lowest BCUT2D eigenvalue weighted by molar-refractivity contribution is 0.414. The number of benzene rings is 4. The summed E-state index contributed by atoms with van der Waals surface area (Å²) in [4.78, 5) is 0. The molecule has 4 aromatic rings. The van der Waals surface area contributed by atoms with E-state index in [4.69, 9.17) is 18.9 Å². The third-order valence-corrected chi connectivity index (χ3v) is 7.30. The number of aryl methyl sites for hydroxylation is 4. The van der Waals surface area contributed by atoms with Crippen LogP contribution in [0.15, 0.2) is 72.8 Å². The number of hydrogen-bond acceptors (Lipinski definition) is 4. The molecule has 40 heavy (non-hydrogen) atoms. The van der Waals surface area contributed by atoms with Crippen molar-refractivity contribution in [3.63, 3.8) is 0 Å². The summed E-state index contributed by atoms with van der Waals surface area (Å²) >= 11 is 0. The Morgan fingerprint density at radius 3 is 0.675 bits per heavy atom. The first-order valence-electron chi connectivity index (χ1n) is 13.4. The summed E-state index contributed by atoms with van der Waals surface area (Å²) < 4.78 is 22.8. The SMILES string of the molecule is COc1cc(C)cc(C2=C(c3cc(C)cc(OC)c3)C(c3cc(C)cc(OC)c3)=C2c2cc(C)cc(OC)c2)c1. The van der Waals surface area contributed by atoms with Crippen LogP contribution in [0.3, 0.4) is 0 Å². The molecular weight excluding hydrogens is 496 g/mol. The van der Waals surface area contributed by atoms with Gasteiger partial charge in [0.05, 0.1) is 28.4 Å². The van der Waals surface area contributed by atoms with E-state index in [2.05, 4.69) is 100 Å². The second kappa shape index (κ2) is 11.0. The number of ether oxygens (including phenoxy) is 4. The van der Waals surface area contributed by atoms with E-state index >= 15 is 0 Å². The van der Waals surface area contributed by atoms with Crippen molar-refractivity contribution in [1.82, 2.24) is 0 Å². The average Bonchev–Trinajstić information content (AvgIpc) is 2.91. The molecule has 4 nitrogen and oxygen atoms in total. The third-order valence-electron chi connectivity index (χ3n) is 7.30. The minimum Gasteiger partial charge on any atom is -0.497 e. The predicted molar refractivity (Wildman–Crippen MR) is 165 cm³/mol. The van der Waals surface area contributed by atoms with Crippen LogP contribution in [0.1, 0.15) is 44.5 Å². The monoisotopic (exact) mass is 532 g/mol. The van der Waals surface area contributed by atoms with Gasteiger partial charge in [-0.15, -0.1) is 0 Å². The molecule has 4 aromatic carbocycles. The topological polar surface area (TPSA) is 36.9 Å². The molecule has 0 bridgehead atoms. The Balaban J connectivity index is 1.90. The van der Waals surface area contributed by atoms with Gasteiger partial charge in [-0.2, -0.15) is 0 Å². The highest BCUT2D eigenvalue weighted by molar-refractivity contribution is 6.43. The molecular formula is C36H36O4. The van der Waals surface area contributed by atoms with Crippen molar-refractivity contribution >= 4 is 22.3 Å². The lowest BCUT2D eigenvalue weighted by Crippen LogP contribution is -2.12. The average molecular weight is 533 g/mol. The van der Waals surface area contributed by atoms with Gasteiger partial charge in [-0.05, 0) is 143 Å². The highest BCUT2D eigenvalue weighted by atomic mass is 16.5. The highest BCUT2D eigenvalue weighted by Gasteiger charge is 2.34. The molecule has 0 saturated heterocycles. The number of hydrogen-bond donors (Lipinski definition) is 0. The molecule has 0 aliphatic heterocycles. The lowest BCUT2D eigenvalue weighted by atomic mass is 9.69. The summed E-state index contributed by atoms with van der Waals surface area (Å²) in [6.45, 7) is 8.41. The van der Waals surface area contributed by atoms with E-state index in [1.807, 2.05) is 0 Å². The van der Waals surface area contributed by atoms with E-state index in [0.717, 1.165) is 89.8 Å². The normalized spacial score (nSPS) is 12.8. The van der Waals surface area contributed by atoms with Crippen LogP contribution in [-0.4, -0.2) is 28.4 Å². The van der Waals surface area contributed by atoms with Crippen LogP contribution in [0.5, 0.6) is 23.0 Å². The van der Waals surface area contributed by atoms with Crippen molar-refractivity contribution < 1.29 is 18.9 Å².